The van der Waals surface area contributed by atoms with Crippen LogP contribution in [0.5, 0.6) is 0 Å². The van der Waals surface area contributed by atoms with Gasteiger partial charge in [0.1, 0.15) is 0 Å². The van der Waals surface area contributed by atoms with Crippen molar-refractivity contribution < 1.29 is 0 Å². The van der Waals surface area contributed by atoms with Gasteiger partial charge in [-0.15, -0.1) is 11.8 Å². The normalized spacial score (nSPS) is 11.8. The molecule has 2 nitrogen and oxygen atoms in total. The highest BCUT2D eigenvalue weighted by atomic mass is 35.5. The van der Waals surface area contributed by atoms with Crippen LogP contribution in [0.1, 0.15) is 18.1 Å². The van der Waals surface area contributed by atoms with Crippen LogP contribution < -0.4 is 10.6 Å². The maximum atomic E-state index is 5.90. The molecule has 0 amide bonds. The van der Waals surface area contributed by atoms with Crippen molar-refractivity contribution in [2.45, 2.75) is 25.7 Å². The van der Waals surface area contributed by atoms with Gasteiger partial charge in [-0.3, -0.25) is 0 Å². The van der Waals surface area contributed by atoms with E-state index in [0.29, 0.717) is 11.0 Å². The summed E-state index contributed by atoms with van der Waals surface area (Å²) >= 11 is 13.1. The van der Waals surface area contributed by atoms with Gasteiger partial charge < -0.3 is 10.6 Å². The Hall–Kier alpha value is -1.23. The standard InChI is InChI=1S/C19H23ClN2S2/c1-13(12-24-18-8-5-16(20)6-9-18)11-21-19(23)22-17-7-4-14(2)15(3)10-17/h4-10,13H,11-12H2,1-3H3,(H2,21,22,23). The average molecular weight is 379 g/mol. The van der Waals surface area contributed by atoms with Gasteiger partial charge in [-0.1, -0.05) is 24.6 Å². The summed E-state index contributed by atoms with van der Waals surface area (Å²) in [4.78, 5) is 1.24. The van der Waals surface area contributed by atoms with Gasteiger partial charge in [0.15, 0.2) is 5.11 Å². The van der Waals surface area contributed by atoms with Gasteiger partial charge in [-0.05, 0) is 79.5 Å². The number of nitrogens with one attached hydrogen (secondary N) is 2. The second-order valence-electron chi connectivity index (χ2n) is 6.00. The summed E-state index contributed by atoms with van der Waals surface area (Å²) in [7, 11) is 0. The lowest BCUT2D eigenvalue weighted by molar-refractivity contribution is 0.637. The molecule has 0 aliphatic carbocycles. The van der Waals surface area contributed by atoms with E-state index in [4.69, 9.17) is 23.8 Å². The molecule has 2 aromatic rings. The molecule has 2 N–H and O–H groups in total. The number of thioether (sulfide) groups is 1. The molecule has 24 heavy (non-hydrogen) atoms. The van der Waals surface area contributed by atoms with E-state index in [1.807, 2.05) is 23.9 Å². The number of halogens is 1. The Morgan fingerprint density at radius 2 is 1.83 bits per heavy atom. The van der Waals surface area contributed by atoms with Crippen molar-refractivity contribution >= 4 is 46.4 Å². The topological polar surface area (TPSA) is 24.1 Å². The molecular weight excluding hydrogens is 356 g/mol. The molecule has 0 saturated heterocycles. The Labute approximate surface area is 159 Å². The quantitative estimate of drug-likeness (QED) is 0.499. The van der Waals surface area contributed by atoms with E-state index in [0.717, 1.165) is 23.0 Å². The Balaban J connectivity index is 1.72. The molecule has 0 saturated carbocycles. The number of hydrogen-bond donors (Lipinski definition) is 2. The Bertz CT molecular complexity index is 686. The van der Waals surface area contributed by atoms with E-state index in [1.54, 1.807) is 0 Å². The van der Waals surface area contributed by atoms with Crippen molar-refractivity contribution in [1.29, 1.82) is 0 Å². The zero-order chi connectivity index (χ0) is 17.5. The average Bonchev–Trinajstić information content (AvgIpc) is 2.56. The van der Waals surface area contributed by atoms with Gasteiger partial charge in [0.05, 0.1) is 0 Å². The summed E-state index contributed by atoms with van der Waals surface area (Å²) < 4.78 is 0. The number of benzene rings is 2. The van der Waals surface area contributed by atoms with Crippen molar-refractivity contribution in [3.05, 3.63) is 58.6 Å². The third kappa shape index (κ3) is 6.34. The van der Waals surface area contributed by atoms with Crippen molar-refractivity contribution in [3.8, 4) is 0 Å². The number of hydrogen-bond acceptors (Lipinski definition) is 2. The van der Waals surface area contributed by atoms with Crippen LogP contribution in [0.15, 0.2) is 47.4 Å². The van der Waals surface area contributed by atoms with Gasteiger partial charge >= 0.3 is 0 Å². The van der Waals surface area contributed by atoms with Gasteiger partial charge in [-0.2, -0.15) is 0 Å². The van der Waals surface area contributed by atoms with Crippen LogP contribution >= 0.6 is 35.6 Å². The Kier molecular flexibility index (Phi) is 7.40. The van der Waals surface area contributed by atoms with Crippen molar-refractivity contribution in [1.82, 2.24) is 5.32 Å². The fraction of sp³-hybridized carbons (Fsp3) is 0.316. The lowest BCUT2D eigenvalue weighted by Crippen LogP contribution is -2.32. The third-order valence-electron chi connectivity index (χ3n) is 3.72. The summed E-state index contributed by atoms with van der Waals surface area (Å²) in [5, 5.41) is 7.98. The molecule has 0 heterocycles. The number of anilines is 1. The first-order valence-electron chi connectivity index (χ1n) is 7.94. The van der Waals surface area contributed by atoms with E-state index in [9.17, 15) is 0 Å². The monoisotopic (exact) mass is 378 g/mol. The predicted octanol–water partition coefficient (Wildman–Crippen LogP) is 5.67. The Morgan fingerprint density at radius 3 is 2.50 bits per heavy atom. The van der Waals surface area contributed by atoms with E-state index in [1.165, 1.54) is 16.0 Å². The molecule has 0 radical (unpaired) electrons. The summed E-state index contributed by atoms with van der Waals surface area (Å²) in [6.45, 7) is 7.27. The number of rotatable bonds is 6. The number of aryl methyl sites for hydroxylation is 2. The number of thiocarbonyl (C=S) groups is 1. The molecule has 0 aliphatic rings. The molecule has 1 atom stereocenters. The SMILES string of the molecule is Cc1ccc(NC(=S)NCC(C)CSc2ccc(Cl)cc2)cc1C. The highest BCUT2D eigenvalue weighted by molar-refractivity contribution is 7.99. The maximum Gasteiger partial charge on any atom is 0.170 e. The van der Waals surface area contributed by atoms with Crippen LogP contribution in [-0.2, 0) is 0 Å². The molecule has 1 unspecified atom stereocenters. The maximum absolute atomic E-state index is 5.90. The van der Waals surface area contributed by atoms with Crippen molar-refractivity contribution in [2.75, 3.05) is 17.6 Å². The lowest BCUT2D eigenvalue weighted by Gasteiger charge is -2.15. The van der Waals surface area contributed by atoms with E-state index < -0.39 is 0 Å². The zero-order valence-corrected chi connectivity index (χ0v) is 16.6. The second-order valence-corrected chi connectivity index (χ2v) is 7.94. The van der Waals surface area contributed by atoms with Crippen LogP contribution in [0.4, 0.5) is 5.69 Å². The van der Waals surface area contributed by atoms with Gasteiger partial charge in [-0.25, -0.2) is 0 Å². The minimum Gasteiger partial charge on any atom is -0.362 e. The summed E-state index contributed by atoms with van der Waals surface area (Å²) in [5.74, 6) is 1.53. The molecule has 128 valence electrons. The van der Waals surface area contributed by atoms with E-state index in [-0.39, 0.29) is 0 Å². The Morgan fingerprint density at radius 1 is 1.12 bits per heavy atom. The lowest BCUT2D eigenvalue weighted by atomic mass is 10.1. The van der Waals surface area contributed by atoms with Crippen molar-refractivity contribution in [3.63, 3.8) is 0 Å². The van der Waals surface area contributed by atoms with Crippen LogP contribution in [0.2, 0.25) is 5.02 Å². The van der Waals surface area contributed by atoms with Crippen LogP contribution in [0, 0.1) is 19.8 Å². The molecule has 0 fully saturated rings. The van der Waals surface area contributed by atoms with E-state index in [2.05, 4.69) is 61.7 Å². The third-order valence-corrected chi connectivity index (χ3v) is 5.56. The minimum absolute atomic E-state index is 0.505. The highest BCUT2D eigenvalue weighted by Crippen LogP contribution is 2.22. The van der Waals surface area contributed by atoms with Crippen LogP contribution in [-0.4, -0.2) is 17.4 Å². The minimum atomic E-state index is 0.505. The van der Waals surface area contributed by atoms with Crippen LogP contribution in [0.25, 0.3) is 0 Å². The van der Waals surface area contributed by atoms with Gasteiger partial charge in [0.2, 0.25) is 0 Å². The molecule has 5 heteroatoms. The summed E-state index contributed by atoms with van der Waals surface area (Å²) in [5.41, 5.74) is 3.57. The molecule has 0 spiro atoms. The molecule has 2 rings (SSSR count). The first kappa shape index (κ1) is 19.1. The fourth-order valence-corrected chi connectivity index (χ4v) is 3.34. The first-order valence-corrected chi connectivity index (χ1v) is 9.71. The summed E-state index contributed by atoms with van der Waals surface area (Å²) in [6.07, 6.45) is 0. The van der Waals surface area contributed by atoms with Gasteiger partial charge in [0.25, 0.3) is 0 Å². The van der Waals surface area contributed by atoms with Crippen molar-refractivity contribution in [2.24, 2.45) is 5.92 Å². The molecule has 2 aromatic carbocycles. The zero-order valence-electron chi connectivity index (χ0n) is 14.2. The smallest absolute Gasteiger partial charge is 0.170 e. The predicted molar refractivity (Wildman–Crippen MR) is 111 cm³/mol. The molecular formula is C19H23ClN2S2. The molecule has 0 aliphatic heterocycles. The summed E-state index contributed by atoms with van der Waals surface area (Å²) in [6, 6.07) is 14.2. The largest absolute Gasteiger partial charge is 0.362 e. The van der Waals surface area contributed by atoms with Gasteiger partial charge in [0, 0.05) is 27.9 Å². The highest BCUT2D eigenvalue weighted by Gasteiger charge is 2.05. The first-order chi connectivity index (χ1) is 11.4. The second kappa shape index (κ2) is 9.30. The van der Waals surface area contributed by atoms with Crippen LogP contribution in [0.3, 0.4) is 0 Å². The molecule has 0 aromatic heterocycles. The van der Waals surface area contributed by atoms with E-state index >= 15 is 0 Å². The molecule has 0 bridgehead atoms. The fourth-order valence-electron chi connectivity index (χ4n) is 2.09.